The highest BCUT2D eigenvalue weighted by atomic mass is 16.3. The molecule has 0 unspecified atom stereocenters. The molecule has 60 valence electrons. The maximum Gasteiger partial charge on any atom is 0.125 e. The van der Waals surface area contributed by atoms with Gasteiger partial charge in [-0.2, -0.15) is 0 Å². The minimum atomic E-state index is 0.113. The highest BCUT2D eigenvalue weighted by Gasteiger charge is 1.90. The SMILES string of the molecule is Nc1cc(NCCO)ccn1. The van der Waals surface area contributed by atoms with Crippen LogP contribution in [-0.4, -0.2) is 23.2 Å². The van der Waals surface area contributed by atoms with Crippen LogP contribution in [0.5, 0.6) is 0 Å². The van der Waals surface area contributed by atoms with E-state index < -0.39 is 0 Å². The molecule has 1 aromatic rings. The van der Waals surface area contributed by atoms with Gasteiger partial charge in [0.2, 0.25) is 0 Å². The number of rotatable bonds is 3. The van der Waals surface area contributed by atoms with Crippen LogP contribution in [0, 0.1) is 0 Å². The van der Waals surface area contributed by atoms with Crippen molar-refractivity contribution in [2.45, 2.75) is 0 Å². The number of hydrogen-bond donors (Lipinski definition) is 3. The fraction of sp³-hybridized carbons (Fsp3) is 0.286. The Bertz CT molecular complexity index is 227. The molecule has 0 aliphatic rings. The number of nitrogens with zero attached hydrogens (tertiary/aromatic N) is 1. The molecule has 1 heterocycles. The zero-order valence-electron chi connectivity index (χ0n) is 6.12. The molecule has 11 heavy (non-hydrogen) atoms. The van der Waals surface area contributed by atoms with Gasteiger partial charge in [-0.1, -0.05) is 0 Å². The number of anilines is 2. The van der Waals surface area contributed by atoms with Gasteiger partial charge in [-0.15, -0.1) is 0 Å². The Kier molecular flexibility index (Phi) is 2.68. The van der Waals surface area contributed by atoms with Crippen molar-refractivity contribution in [3.63, 3.8) is 0 Å². The fourth-order valence-electron chi connectivity index (χ4n) is 0.759. The summed E-state index contributed by atoms with van der Waals surface area (Å²) in [5.74, 6) is 0.480. The smallest absolute Gasteiger partial charge is 0.125 e. The highest BCUT2D eigenvalue weighted by molar-refractivity contribution is 5.49. The van der Waals surface area contributed by atoms with Gasteiger partial charge in [0, 0.05) is 24.5 Å². The van der Waals surface area contributed by atoms with Crippen molar-refractivity contribution in [1.29, 1.82) is 0 Å². The molecule has 4 nitrogen and oxygen atoms in total. The van der Waals surface area contributed by atoms with E-state index >= 15 is 0 Å². The van der Waals surface area contributed by atoms with Crippen molar-refractivity contribution < 1.29 is 5.11 Å². The van der Waals surface area contributed by atoms with Crippen molar-refractivity contribution >= 4 is 11.5 Å². The molecule has 0 aromatic carbocycles. The zero-order valence-corrected chi connectivity index (χ0v) is 6.12. The molecule has 0 radical (unpaired) electrons. The van der Waals surface area contributed by atoms with Gasteiger partial charge in [0.15, 0.2) is 0 Å². The Labute approximate surface area is 65.1 Å². The summed E-state index contributed by atoms with van der Waals surface area (Å²) in [7, 11) is 0. The first-order valence-electron chi connectivity index (χ1n) is 3.39. The van der Waals surface area contributed by atoms with Gasteiger partial charge in [0.1, 0.15) is 5.82 Å². The average Bonchev–Trinajstić information content (AvgIpc) is 2.01. The lowest BCUT2D eigenvalue weighted by atomic mass is 10.4. The minimum Gasteiger partial charge on any atom is -0.395 e. The number of nitrogen functional groups attached to an aromatic ring is 1. The lowest BCUT2D eigenvalue weighted by Gasteiger charge is -2.03. The molecule has 0 bridgehead atoms. The summed E-state index contributed by atoms with van der Waals surface area (Å²) in [4.78, 5) is 3.82. The zero-order chi connectivity index (χ0) is 8.10. The second kappa shape index (κ2) is 3.78. The van der Waals surface area contributed by atoms with Crippen LogP contribution in [0.4, 0.5) is 11.5 Å². The predicted octanol–water partition coefficient (Wildman–Crippen LogP) is 0.0680. The molecule has 0 aliphatic heterocycles. The van der Waals surface area contributed by atoms with E-state index in [0.717, 1.165) is 5.69 Å². The summed E-state index contributed by atoms with van der Waals surface area (Å²) in [6, 6.07) is 3.52. The van der Waals surface area contributed by atoms with Gasteiger partial charge < -0.3 is 16.2 Å². The monoisotopic (exact) mass is 153 g/mol. The second-order valence-electron chi connectivity index (χ2n) is 2.12. The molecule has 0 saturated carbocycles. The van der Waals surface area contributed by atoms with Crippen LogP contribution < -0.4 is 11.1 Å². The Balaban J connectivity index is 2.56. The summed E-state index contributed by atoms with van der Waals surface area (Å²) in [5.41, 5.74) is 6.30. The largest absolute Gasteiger partial charge is 0.395 e. The molecule has 0 aliphatic carbocycles. The van der Waals surface area contributed by atoms with Gasteiger partial charge in [0.25, 0.3) is 0 Å². The maximum absolute atomic E-state index is 8.49. The first-order valence-corrected chi connectivity index (χ1v) is 3.39. The van der Waals surface area contributed by atoms with Crippen LogP contribution in [0.3, 0.4) is 0 Å². The summed E-state index contributed by atoms with van der Waals surface area (Å²) < 4.78 is 0. The van der Waals surface area contributed by atoms with E-state index in [4.69, 9.17) is 10.8 Å². The van der Waals surface area contributed by atoms with E-state index in [9.17, 15) is 0 Å². The van der Waals surface area contributed by atoms with Crippen molar-refractivity contribution in [2.75, 3.05) is 24.2 Å². The van der Waals surface area contributed by atoms with E-state index in [1.807, 2.05) is 0 Å². The highest BCUT2D eigenvalue weighted by Crippen LogP contribution is 2.07. The fourth-order valence-corrected chi connectivity index (χ4v) is 0.759. The number of nitrogens with two attached hydrogens (primary N) is 1. The van der Waals surface area contributed by atoms with E-state index in [2.05, 4.69) is 10.3 Å². The predicted molar refractivity (Wildman–Crippen MR) is 44.2 cm³/mol. The van der Waals surface area contributed by atoms with Crippen molar-refractivity contribution in [1.82, 2.24) is 4.98 Å². The topological polar surface area (TPSA) is 71.2 Å². The average molecular weight is 153 g/mol. The van der Waals surface area contributed by atoms with E-state index in [1.54, 1.807) is 18.3 Å². The second-order valence-corrected chi connectivity index (χ2v) is 2.12. The molecular weight excluding hydrogens is 142 g/mol. The molecule has 1 rings (SSSR count). The van der Waals surface area contributed by atoms with Crippen LogP contribution in [0.2, 0.25) is 0 Å². The normalized spacial score (nSPS) is 9.55. The van der Waals surface area contributed by atoms with Crippen LogP contribution in [0.15, 0.2) is 18.3 Å². The number of aliphatic hydroxyl groups excluding tert-OH is 1. The summed E-state index contributed by atoms with van der Waals surface area (Å²) in [6.07, 6.45) is 1.62. The summed E-state index contributed by atoms with van der Waals surface area (Å²) >= 11 is 0. The Hall–Kier alpha value is -1.29. The van der Waals surface area contributed by atoms with Crippen molar-refractivity contribution in [2.24, 2.45) is 0 Å². The third-order valence-electron chi connectivity index (χ3n) is 1.22. The van der Waals surface area contributed by atoms with Crippen molar-refractivity contribution in [3.8, 4) is 0 Å². The quantitative estimate of drug-likeness (QED) is 0.574. The third-order valence-corrected chi connectivity index (χ3v) is 1.22. The standard InChI is InChI=1S/C7H11N3O/c8-7-5-6(1-2-10-7)9-3-4-11/h1-2,5,11H,3-4H2,(H3,8,9,10). The van der Waals surface area contributed by atoms with E-state index in [0.29, 0.717) is 12.4 Å². The van der Waals surface area contributed by atoms with Crippen LogP contribution >= 0.6 is 0 Å². The van der Waals surface area contributed by atoms with Gasteiger partial charge in [-0.05, 0) is 6.07 Å². The molecule has 0 fully saturated rings. The molecule has 4 heteroatoms. The van der Waals surface area contributed by atoms with Crippen LogP contribution in [-0.2, 0) is 0 Å². The maximum atomic E-state index is 8.49. The molecular formula is C7H11N3O. The van der Waals surface area contributed by atoms with E-state index in [1.165, 1.54) is 0 Å². The molecule has 4 N–H and O–H groups in total. The van der Waals surface area contributed by atoms with Gasteiger partial charge >= 0.3 is 0 Å². The van der Waals surface area contributed by atoms with Crippen LogP contribution in [0.25, 0.3) is 0 Å². The summed E-state index contributed by atoms with van der Waals surface area (Å²) in [5, 5.41) is 11.5. The number of pyridine rings is 1. The molecule has 1 aromatic heterocycles. The van der Waals surface area contributed by atoms with Crippen molar-refractivity contribution in [3.05, 3.63) is 18.3 Å². The molecule has 0 atom stereocenters. The number of aliphatic hydroxyl groups is 1. The number of aromatic nitrogens is 1. The Morgan fingerprint density at radius 1 is 1.64 bits per heavy atom. The lowest BCUT2D eigenvalue weighted by molar-refractivity contribution is 0.311. The summed E-state index contributed by atoms with van der Waals surface area (Å²) in [6.45, 7) is 0.645. The van der Waals surface area contributed by atoms with Gasteiger partial charge in [0.05, 0.1) is 6.61 Å². The Morgan fingerprint density at radius 2 is 2.45 bits per heavy atom. The van der Waals surface area contributed by atoms with E-state index in [-0.39, 0.29) is 6.61 Å². The number of hydrogen-bond acceptors (Lipinski definition) is 4. The molecule has 0 amide bonds. The lowest BCUT2D eigenvalue weighted by Crippen LogP contribution is -2.05. The van der Waals surface area contributed by atoms with Gasteiger partial charge in [-0.25, -0.2) is 4.98 Å². The molecule has 0 saturated heterocycles. The molecule has 0 spiro atoms. The van der Waals surface area contributed by atoms with Crippen LogP contribution in [0.1, 0.15) is 0 Å². The number of nitrogens with one attached hydrogen (secondary N) is 1. The van der Waals surface area contributed by atoms with Gasteiger partial charge in [-0.3, -0.25) is 0 Å². The first-order chi connectivity index (χ1) is 5.33. The third kappa shape index (κ3) is 2.43. The first kappa shape index (κ1) is 7.81. The Morgan fingerprint density at radius 3 is 3.09 bits per heavy atom. The minimum absolute atomic E-state index is 0.113.